The van der Waals surface area contributed by atoms with Gasteiger partial charge in [-0.1, -0.05) is 11.6 Å². The largest absolute Gasteiger partial charge is 0.486 e. The fourth-order valence-corrected chi connectivity index (χ4v) is 3.97. The van der Waals surface area contributed by atoms with Crippen molar-refractivity contribution in [3.8, 4) is 11.5 Å². The number of rotatable bonds is 4. The molecule has 0 fully saturated rings. The van der Waals surface area contributed by atoms with Gasteiger partial charge in [-0.3, -0.25) is 4.40 Å². The van der Waals surface area contributed by atoms with Crippen molar-refractivity contribution in [2.45, 2.75) is 17.6 Å². The van der Waals surface area contributed by atoms with Crippen molar-refractivity contribution in [1.82, 2.24) is 19.3 Å². The van der Waals surface area contributed by atoms with Crippen molar-refractivity contribution < 1.29 is 31.1 Å². The Morgan fingerprint density at radius 3 is 2.59 bits per heavy atom. The first-order valence-corrected chi connectivity index (χ1v) is 10.0. The van der Waals surface area contributed by atoms with Crippen molar-refractivity contribution >= 4 is 27.3 Å². The topological polar surface area (TPSA) is 94.8 Å². The predicted octanol–water partition coefficient (Wildman–Crippen LogP) is 2.65. The minimum atomic E-state index is -4.69. The van der Waals surface area contributed by atoms with Crippen LogP contribution in [0.2, 0.25) is 5.02 Å². The summed E-state index contributed by atoms with van der Waals surface area (Å²) < 4.78 is 78.6. The minimum absolute atomic E-state index is 0.0610. The zero-order valence-electron chi connectivity index (χ0n) is 14.4. The van der Waals surface area contributed by atoms with E-state index < -0.39 is 34.0 Å². The Labute approximate surface area is 167 Å². The van der Waals surface area contributed by atoms with E-state index in [1.54, 1.807) is 0 Å². The van der Waals surface area contributed by atoms with E-state index in [0.717, 1.165) is 10.5 Å². The highest BCUT2D eigenvalue weighted by atomic mass is 35.5. The molecule has 0 unspecified atom stereocenters. The molecule has 1 aliphatic rings. The summed E-state index contributed by atoms with van der Waals surface area (Å²) in [4.78, 5) is -0.0930. The third-order valence-corrected chi connectivity index (χ3v) is 5.70. The summed E-state index contributed by atoms with van der Waals surface area (Å²) >= 11 is 5.77. The molecule has 13 heteroatoms. The summed E-state index contributed by atoms with van der Waals surface area (Å²) in [6.07, 6.45) is -3.51. The first kappa shape index (κ1) is 19.7. The van der Waals surface area contributed by atoms with Crippen molar-refractivity contribution in [2.24, 2.45) is 0 Å². The smallest absolute Gasteiger partial charge is 0.420 e. The molecule has 1 N–H and O–H groups in total. The van der Waals surface area contributed by atoms with Gasteiger partial charge >= 0.3 is 6.18 Å². The molecule has 3 heterocycles. The first-order valence-electron chi connectivity index (χ1n) is 8.15. The number of ether oxygens (including phenoxy) is 2. The van der Waals surface area contributed by atoms with Gasteiger partial charge in [-0.25, -0.2) is 13.1 Å². The molecule has 2 aromatic heterocycles. The van der Waals surface area contributed by atoms with Gasteiger partial charge in [0.2, 0.25) is 10.0 Å². The van der Waals surface area contributed by atoms with Gasteiger partial charge in [0.05, 0.1) is 16.5 Å². The SMILES string of the molecule is O=S(=O)(NCc1nnc2c(C(F)(F)F)cc(Cl)cn12)c1ccc2c(c1)OCCO2. The van der Waals surface area contributed by atoms with Gasteiger partial charge in [-0.05, 0) is 18.2 Å². The summed E-state index contributed by atoms with van der Waals surface area (Å²) in [6.45, 7) is 0.243. The zero-order valence-corrected chi connectivity index (χ0v) is 16.0. The van der Waals surface area contributed by atoms with Gasteiger partial charge in [0.15, 0.2) is 23.0 Å². The molecule has 0 amide bonds. The van der Waals surface area contributed by atoms with Crippen LogP contribution in [0.4, 0.5) is 13.2 Å². The van der Waals surface area contributed by atoms with E-state index in [2.05, 4.69) is 14.9 Å². The maximum absolute atomic E-state index is 13.2. The van der Waals surface area contributed by atoms with Crippen LogP contribution in [0, 0.1) is 0 Å². The van der Waals surface area contributed by atoms with Gasteiger partial charge in [0.1, 0.15) is 18.8 Å². The van der Waals surface area contributed by atoms with E-state index in [-0.39, 0.29) is 28.1 Å². The van der Waals surface area contributed by atoms with Crippen LogP contribution in [0.15, 0.2) is 35.4 Å². The normalized spacial score (nSPS) is 14.3. The Bertz CT molecular complexity index is 1200. The number of hydrogen-bond acceptors (Lipinski definition) is 6. The number of nitrogens with one attached hydrogen (secondary N) is 1. The average Bonchev–Trinajstić information content (AvgIpc) is 3.07. The third kappa shape index (κ3) is 3.82. The molecule has 0 saturated carbocycles. The number of hydrogen-bond donors (Lipinski definition) is 1. The maximum atomic E-state index is 13.2. The zero-order chi connectivity index (χ0) is 20.8. The van der Waals surface area contributed by atoms with Crippen LogP contribution in [0.25, 0.3) is 5.65 Å². The number of nitrogens with zero attached hydrogens (tertiary/aromatic N) is 3. The summed E-state index contributed by atoms with van der Waals surface area (Å²) in [6, 6.07) is 4.83. The molecule has 1 aromatic carbocycles. The number of aromatic nitrogens is 3. The highest BCUT2D eigenvalue weighted by Gasteiger charge is 2.35. The van der Waals surface area contributed by atoms with Gasteiger partial charge < -0.3 is 9.47 Å². The molecule has 29 heavy (non-hydrogen) atoms. The van der Waals surface area contributed by atoms with Crippen LogP contribution >= 0.6 is 11.6 Å². The van der Waals surface area contributed by atoms with E-state index in [1.165, 1.54) is 24.4 Å². The standard InChI is InChI=1S/C16H12ClF3N4O4S/c17-9-5-11(16(18,19)20)15-23-22-14(24(15)8-9)7-21-29(25,26)10-1-2-12-13(6-10)28-4-3-27-12/h1-2,5-6,8,21H,3-4,7H2. The number of alkyl halides is 3. The number of halogens is 4. The Morgan fingerprint density at radius 1 is 1.14 bits per heavy atom. The number of fused-ring (bicyclic) bond motifs is 2. The molecule has 0 saturated heterocycles. The highest BCUT2D eigenvalue weighted by molar-refractivity contribution is 7.89. The van der Waals surface area contributed by atoms with Crippen molar-refractivity contribution in [2.75, 3.05) is 13.2 Å². The quantitative estimate of drug-likeness (QED) is 0.659. The van der Waals surface area contributed by atoms with E-state index >= 15 is 0 Å². The Balaban J connectivity index is 1.62. The first-order chi connectivity index (χ1) is 13.6. The molecule has 0 atom stereocenters. The molecule has 8 nitrogen and oxygen atoms in total. The fourth-order valence-electron chi connectivity index (χ4n) is 2.77. The summed E-state index contributed by atoms with van der Waals surface area (Å²) in [5, 5.41) is 6.99. The van der Waals surface area contributed by atoms with Crippen LogP contribution in [-0.2, 0) is 22.7 Å². The lowest BCUT2D eigenvalue weighted by molar-refractivity contribution is -0.136. The Kier molecular flexibility index (Phi) is 4.79. The van der Waals surface area contributed by atoms with Crippen LogP contribution in [0.5, 0.6) is 11.5 Å². The number of benzene rings is 1. The van der Waals surface area contributed by atoms with Crippen LogP contribution < -0.4 is 14.2 Å². The van der Waals surface area contributed by atoms with Gasteiger partial charge in [-0.2, -0.15) is 13.2 Å². The molecule has 0 bridgehead atoms. The summed E-state index contributed by atoms with van der Waals surface area (Å²) in [7, 11) is -4.01. The van der Waals surface area contributed by atoms with E-state index in [4.69, 9.17) is 21.1 Å². The molecule has 0 spiro atoms. The average molecular weight is 449 g/mol. The lowest BCUT2D eigenvalue weighted by Gasteiger charge is -2.18. The molecule has 3 aromatic rings. The highest BCUT2D eigenvalue weighted by Crippen LogP contribution is 2.34. The summed E-state index contributed by atoms with van der Waals surface area (Å²) in [5.74, 6) is 0.649. The van der Waals surface area contributed by atoms with Crippen LogP contribution in [0.3, 0.4) is 0 Å². The van der Waals surface area contributed by atoms with Gasteiger partial charge in [-0.15, -0.1) is 10.2 Å². The Hall–Kier alpha value is -2.57. The molecule has 1 aliphatic heterocycles. The predicted molar refractivity (Wildman–Crippen MR) is 94.5 cm³/mol. The van der Waals surface area contributed by atoms with Crippen molar-refractivity contribution in [1.29, 1.82) is 0 Å². The minimum Gasteiger partial charge on any atom is -0.486 e. The molecule has 0 radical (unpaired) electrons. The van der Waals surface area contributed by atoms with Crippen molar-refractivity contribution in [3.63, 3.8) is 0 Å². The molecule has 154 valence electrons. The number of sulfonamides is 1. The second-order valence-electron chi connectivity index (χ2n) is 6.01. The monoisotopic (exact) mass is 448 g/mol. The van der Waals surface area contributed by atoms with Gasteiger partial charge in [0, 0.05) is 12.3 Å². The third-order valence-electron chi connectivity index (χ3n) is 4.09. The van der Waals surface area contributed by atoms with Crippen LogP contribution in [0.1, 0.15) is 11.4 Å². The van der Waals surface area contributed by atoms with Crippen molar-refractivity contribution in [3.05, 3.63) is 46.9 Å². The summed E-state index contributed by atoms with van der Waals surface area (Å²) in [5.41, 5.74) is -1.55. The lowest BCUT2D eigenvalue weighted by Crippen LogP contribution is -2.25. The van der Waals surface area contributed by atoms with Gasteiger partial charge in [0.25, 0.3) is 0 Å². The molecular weight excluding hydrogens is 437 g/mol. The van der Waals surface area contributed by atoms with E-state index in [9.17, 15) is 21.6 Å². The molecule has 4 rings (SSSR count). The second kappa shape index (κ2) is 7.04. The van der Waals surface area contributed by atoms with E-state index in [1.807, 2.05) is 0 Å². The fraction of sp³-hybridized carbons (Fsp3) is 0.250. The Morgan fingerprint density at radius 2 is 1.86 bits per heavy atom. The molecular formula is C16H12ClF3N4O4S. The van der Waals surface area contributed by atoms with E-state index in [0.29, 0.717) is 12.4 Å². The lowest BCUT2D eigenvalue weighted by atomic mass is 10.2. The van der Waals surface area contributed by atoms with Crippen LogP contribution in [-0.4, -0.2) is 36.2 Å². The molecule has 0 aliphatic carbocycles. The maximum Gasteiger partial charge on any atom is 0.420 e. The second-order valence-corrected chi connectivity index (χ2v) is 8.21. The number of pyridine rings is 1.